The first kappa shape index (κ1) is 13.4. The van der Waals surface area contributed by atoms with Gasteiger partial charge in [0.25, 0.3) is 5.91 Å². The summed E-state index contributed by atoms with van der Waals surface area (Å²) in [7, 11) is 2.96. The molecular weight excluding hydrogens is 246 g/mol. The van der Waals surface area contributed by atoms with Crippen LogP contribution < -0.4 is 5.69 Å². The van der Waals surface area contributed by atoms with Gasteiger partial charge in [0, 0.05) is 18.7 Å². The third kappa shape index (κ3) is 2.26. The van der Waals surface area contributed by atoms with Crippen molar-refractivity contribution in [2.45, 2.75) is 19.9 Å². The van der Waals surface area contributed by atoms with E-state index in [9.17, 15) is 9.59 Å². The van der Waals surface area contributed by atoms with Gasteiger partial charge in [-0.05, 0) is 32.0 Å². The van der Waals surface area contributed by atoms with Crippen molar-refractivity contribution in [1.29, 1.82) is 0 Å². The average molecular weight is 263 g/mol. The number of imidazole rings is 1. The zero-order valence-corrected chi connectivity index (χ0v) is 11.4. The summed E-state index contributed by atoms with van der Waals surface area (Å²) < 4.78 is 1.66. The van der Waals surface area contributed by atoms with Crippen LogP contribution in [0.25, 0.3) is 11.0 Å². The fraction of sp³-hybridized carbons (Fsp3) is 0.385. The van der Waals surface area contributed by atoms with Gasteiger partial charge in [-0.3, -0.25) is 14.2 Å². The molecule has 0 aliphatic rings. The van der Waals surface area contributed by atoms with E-state index in [1.54, 1.807) is 22.8 Å². The lowest BCUT2D eigenvalue weighted by molar-refractivity contribution is -0.0756. The summed E-state index contributed by atoms with van der Waals surface area (Å²) in [6, 6.07) is 5.17. The highest BCUT2D eigenvalue weighted by atomic mass is 16.7. The Morgan fingerprint density at radius 2 is 2.11 bits per heavy atom. The lowest BCUT2D eigenvalue weighted by Crippen LogP contribution is -2.25. The van der Waals surface area contributed by atoms with Crippen LogP contribution in [0, 0.1) is 0 Å². The smallest absolute Gasteiger partial charge is 0.306 e. The maximum absolute atomic E-state index is 11.9. The second kappa shape index (κ2) is 4.89. The van der Waals surface area contributed by atoms with Gasteiger partial charge in [-0.25, -0.2) is 9.86 Å². The SMILES string of the molecule is CON(C)C(=O)c1ccc2c(c1)[nH]c(=O)n2C(C)C. The Hall–Kier alpha value is -2.08. The predicted molar refractivity (Wildman–Crippen MR) is 72.0 cm³/mol. The molecule has 6 nitrogen and oxygen atoms in total. The Kier molecular flexibility index (Phi) is 3.44. The molecule has 19 heavy (non-hydrogen) atoms. The third-order valence-electron chi connectivity index (χ3n) is 3.04. The number of hydroxylamine groups is 2. The summed E-state index contributed by atoms with van der Waals surface area (Å²) >= 11 is 0. The summed E-state index contributed by atoms with van der Waals surface area (Å²) in [5.74, 6) is -0.262. The highest BCUT2D eigenvalue weighted by Crippen LogP contribution is 2.17. The van der Waals surface area contributed by atoms with Gasteiger partial charge < -0.3 is 4.98 Å². The predicted octanol–water partition coefficient (Wildman–Crippen LogP) is 1.54. The van der Waals surface area contributed by atoms with E-state index in [2.05, 4.69) is 4.98 Å². The summed E-state index contributed by atoms with van der Waals surface area (Å²) in [5.41, 5.74) is 1.73. The molecule has 1 heterocycles. The van der Waals surface area contributed by atoms with Crippen molar-refractivity contribution in [3.8, 4) is 0 Å². The topological polar surface area (TPSA) is 67.3 Å². The van der Waals surface area contributed by atoms with Crippen LogP contribution in [0.4, 0.5) is 0 Å². The summed E-state index contributed by atoms with van der Waals surface area (Å²) in [6.45, 7) is 3.87. The van der Waals surface area contributed by atoms with Crippen molar-refractivity contribution in [3.05, 3.63) is 34.2 Å². The van der Waals surface area contributed by atoms with Gasteiger partial charge in [0.2, 0.25) is 0 Å². The quantitative estimate of drug-likeness (QED) is 0.854. The Labute approximate surface area is 110 Å². The molecule has 102 valence electrons. The second-order valence-electron chi connectivity index (χ2n) is 4.61. The van der Waals surface area contributed by atoms with Crippen molar-refractivity contribution in [2.75, 3.05) is 14.2 Å². The second-order valence-corrected chi connectivity index (χ2v) is 4.61. The van der Waals surface area contributed by atoms with Crippen LogP contribution in [0.3, 0.4) is 0 Å². The number of carbonyl (C=O) groups excluding carboxylic acids is 1. The molecule has 0 saturated carbocycles. The van der Waals surface area contributed by atoms with Crippen LogP contribution in [0.2, 0.25) is 0 Å². The molecule has 0 aliphatic heterocycles. The van der Waals surface area contributed by atoms with E-state index >= 15 is 0 Å². The van der Waals surface area contributed by atoms with Gasteiger partial charge in [0.15, 0.2) is 0 Å². The number of hydrogen-bond donors (Lipinski definition) is 1. The highest BCUT2D eigenvalue weighted by Gasteiger charge is 2.15. The van der Waals surface area contributed by atoms with E-state index in [1.807, 2.05) is 13.8 Å². The Morgan fingerprint density at radius 3 is 2.68 bits per heavy atom. The van der Waals surface area contributed by atoms with E-state index in [4.69, 9.17) is 4.84 Å². The standard InChI is InChI=1S/C13H17N3O3/c1-8(2)16-11-6-5-9(12(17)15(3)19-4)7-10(11)14-13(16)18/h5-8H,1-4H3,(H,14,18). The zero-order valence-electron chi connectivity index (χ0n) is 11.4. The third-order valence-corrected chi connectivity index (χ3v) is 3.04. The van der Waals surface area contributed by atoms with Gasteiger partial charge in [0.05, 0.1) is 18.1 Å². The normalized spacial score (nSPS) is 11.2. The lowest BCUT2D eigenvalue weighted by atomic mass is 10.2. The van der Waals surface area contributed by atoms with E-state index in [0.29, 0.717) is 11.1 Å². The Balaban J connectivity index is 2.54. The Bertz CT molecular complexity index is 669. The summed E-state index contributed by atoms with van der Waals surface area (Å²) in [4.78, 5) is 31.4. The average Bonchev–Trinajstić information content (AvgIpc) is 2.71. The van der Waals surface area contributed by atoms with Crippen molar-refractivity contribution in [2.24, 2.45) is 0 Å². The molecule has 0 atom stereocenters. The van der Waals surface area contributed by atoms with Gasteiger partial charge in [-0.15, -0.1) is 0 Å². The number of nitrogens with one attached hydrogen (secondary N) is 1. The number of nitrogens with zero attached hydrogens (tertiary/aromatic N) is 2. The molecule has 1 aromatic carbocycles. The number of benzene rings is 1. The fourth-order valence-corrected chi connectivity index (χ4v) is 2.04. The monoisotopic (exact) mass is 263 g/mol. The van der Waals surface area contributed by atoms with E-state index in [1.165, 1.54) is 14.2 Å². The molecule has 1 aromatic heterocycles. The molecule has 0 radical (unpaired) electrons. The number of carbonyl (C=O) groups is 1. The van der Waals surface area contributed by atoms with Gasteiger partial charge >= 0.3 is 5.69 Å². The number of H-pyrrole nitrogens is 1. The molecule has 0 spiro atoms. The van der Waals surface area contributed by atoms with Crippen LogP contribution >= 0.6 is 0 Å². The van der Waals surface area contributed by atoms with E-state index in [0.717, 1.165) is 10.6 Å². The minimum Gasteiger partial charge on any atom is -0.306 e. The van der Waals surface area contributed by atoms with Crippen LogP contribution in [0.5, 0.6) is 0 Å². The molecule has 1 amide bonds. The molecular formula is C13H17N3O3. The van der Waals surface area contributed by atoms with Gasteiger partial charge in [0.1, 0.15) is 0 Å². The summed E-state index contributed by atoms with van der Waals surface area (Å²) in [6.07, 6.45) is 0. The number of aromatic nitrogens is 2. The largest absolute Gasteiger partial charge is 0.326 e. The first-order valence-electron chi connectivity index (χ1n) is 6.02. The first-order valence-corrected chi connectivity index (χ1v) is 6.02. The number of amides is 1. The van der Waals surface area contributed by atoms with Crippen molar-refractivity contribution in [1.82, 2.24) is 14.6 Å². The molecule has 0 unspecified atom stereocenters. The van der Waals surface area contributed by atoms with Crippen LogP contribution in [0.15, 0.2) is 23.0 Å². The van der Waals surface area contributed by atoms with Crippen LogP contribution in [-0.4, -0.2) is 34.7 Å². The van der Waals surface area contributed by atoms with Gasteiger partial charge in [-0.1, -0.05) is 0 Å². The van der Waals surface area contributed by atoms with Crippen molar-refractivity contribution < 1.29 is 9.63 Å². The molecule has 0 bridgehead atoms. The molecule has 0 aliphatic carbocycles. The molecule has 0 saturated heterocycles. The van der Waals surface area contributed by atoms with Crippen LogP contribution in [-0.2, 0) is 4.84 Å². The van der Waals surface area contributed by atoms with Crippen molar-refractivity contribution in [3.63, 3.8) is 0 Å². The maximum Gasteiger partial charge on any atom is 0.326 e. The highest BCUT2D eigenvalue weighted by molar-refractivity contribution is 5.96. The minimum atomic E-state index is -0.262. The molecule has 1 N–H and O–H groups in total. The maximum atomic E-state index is 11.9. The number of fused-ring (bicyclic) bond motifs is 1. The summed E-state index contributed by atoms with van der Waals surface area (Å²) in [5, 5.41) is 1.14. The molecule has 0 fully saturated rings. The van der Waals surface area contributed by atoms with Gasteiger partial charge in [-0.2, -0.15) is 0 Å². The number of aromatic amines is 1. The molecule has 2 aromatic rings. The fourth-order valence-electron chi connectivity index (χ4n) is 2.04. The lowest BCUT2D eigenvalue weighted by Gasteiger charge is -2.13. The number of rotatable bonds is 3. The van der Waals surface area contributed by atoms with E-state index < -0.39 is 0 Å². The molecule has 2 rings (SSSR count). The molecule has 6 heteroatoms. The van der Waals surface area contributed by atoms with Crippen molar-refractivity contribution >= 4 is 16.9 Å². The number of hydrogen-bond acceptors (Lipinski definition) is 3. The van der Waals surface area contributed by atoms with Crippen LogP contribution in [0.1, 0.15) is 30.2 Å². The minimum absolute atomic E-state index is 0.0597. The first-order chi connectivity index (χ1) is 8.95. The zero-order chi connectivity index (χ0) is 14.2. The van der Waals surface area contributed by atoms with E-state index in [-0.39, 0.29) is 17.6 Å². The Morgan fingerprint density at radius 1 is 1.42 bits per heavy atom.